The molecule has 0 spiro atoms. The van der Waals surface area contributed by atoms with E-state index >= 15 is 0 Å². The van der Waals surface area contributed by atoms with Gasteiger partial charge in [-0.1, -0.05) is 12.5 Å². The predicted molar refractivity (Wildman–Crippen MR) is 81.1 cm³/mol. The van der Waals surface area contributed by atoms with Gasteiger partial charge in [0.2, 0.25) is 0 Å². The van der Waals surface area contributed by atoms with E-state index in [1.165, 1.54) is 37.8 Å². The molecule has 3 heteroatoms. The van der Waals surface area contributed by atoms with E-state index in [2.05, 4.69) is 27.9 Å². The minimum Gasteiger partial charge on any atom is -0.507 e. The summed E-state index contributed by atoms with van der Waals surface area (Å²) in [6.45, 7) is 2.19. The van der Waals surface area contributed by atoms with E-state index in [0.29, 0.717) is 5.75 Å². The largest absolute Gasteiger partial charge is 0.507 e. The molecule has 3 atom stereocenters. The van der Waals surface area contributed by atoms with Crippen LogP contribution in [0.25, 0.3) is 0 Å². The van der Waals surface area contributed by atoms with E-state index in [9.17, 15) is 5.11 Å². The zero-order chi connectivity index (χ0) is 13.4. The van der Waals surface area contributed by atoms with Gasteiger partial charge in [-0.05, 0) is 77.7 Å². The lowest BCUT2D eigenvalue weighted by Gasteiger charge is -2.27. The highest BCUT2D eigenvalue weighted by molar-refractivity contribution is 9.10. The molecule has 0 aromatic heterocycles. The summed E-state index contributed by atoms with van der Waals surface area (Å²) in [4.78, 5) is 2.43. The monoisotopic (exact) mass is 323 g/mol. The maximum absolute atomic E-state index is 9.52. The third-order valence-corrected chi connectivity index (χ3v) is 5.53. The van der Waals surface area contributed by atoms with Crippen LogP contribution in [-0.4, -0.2) is 23.6 Å². The molecule has 0 amide bonds. The molecule has 3 rings (SSSR count). The topological polar surface area (TPSA) is 23.5 Å². The molecule has 2 saturated carbocycles. The molecule has 0 aliphatic heterocycles. The number of benzene rings is 1. The molecule has 1 aromatic rings. The van der Waals surface area contributed by atoms with E-state index in [4.69, 9.17) is 0 Å². The fraction of sp³-hybridized carbons (Fsp3) is 0.625. The van der Waals surface area contributed by atoms with Crippen LogP contribution in [0.3, 0.4) is 0 Å². The van der Waals surface area contributed by atoms with Crippen molar-refractivity contribution in [2.24, 2.45) is 17.8 Å². The average molecular weight is 324 g/mol. The SMILES string of the molecule is CN(Cc1ccc(O)c(Br)c1)CC1CC2CCC1C2. The predicted octanol–water partition coefficient (Wildman–Crippen LogP) is 4.02. The zero-order valence-electron chi connectivity index (χ0n) is 11.5. The Hall–Kier alpha value is -0.540. The van der Waals surface area contributed by atoms with Crippen LogP contribution in [0.1, 0.15) is 31.2 Å². The van der Waals surface area contributed by atoms with E-state index < -0.39 is 0 Å². The Labute approximate surface area is 123 Å². The lowest BCUT2D eigenvalue weighted by atomic mass is 9.88. The number of halogens is 1. The van der Waals surface area contributed by atoms with E-state index in [1.54, 1.807) is 6.07 Å². The van der Waals surface area contributed by atoms with Gasteiger partial charge in [0.15, 0.2) is 0 Å². The van der Waals surface area contributed by atoms with Crippen LogP contribution < -0.4 is 0 Å². The number of fused-ring (bicyclic) bond motifs is 2. The maximum Gasteiger partial charge on any atom is 0.129 e. The van der Waals surface area contributed by atoms with Crippen molar-refractivity contribution < 1.29 is 5.11 Å². The summed E-state index contributed by atoms with van der Waals surface area (Å²) in [5.41, 5.74) is 1.26. The van der Waals surface area contributed by atoms with Gasteiger partial charge in [-0.25, -0.2) is 0 Å². The van der Waals surface area contributed by atoms with Crippen LogP contribution in [0.5, 0.6) is 5.75 Å². The number of phenolic OH excluding ortho intramolecular Hbond substituents is 1. The summed E-state index contributed by atoms with van der Waals surface area (Å²) >= 11 is 3.38. The molecule has 0 heterocycles. The molecular formula is C16H22BrNO. The van der Waals surface area contributed by atoms with Gasteiger partial charge in [0.1, 0.15) is 5.75 Å². The van der Waals surface area contributed by atoms with Gasteiger partial charge in [0, 0.05) is 13.1 Å². The molecule has 2 nitrogen and oxygen atoms in total. The quantitative estimate of drug-likeness (QED) is 0.904. The van der Waals surface area contributed by atoms with E-state index in [1.807, 2.05) is 12.1 Å². The van der Waals surface area contributed by atoms with Crippen molar-refractivity contribution in [2.45, 2.75) is 32.2 Å². The summed E-state index contributed by atoms with van der Waals surface area (Å²) in [5, 5.41) is 9.52. The fourth-order valence-corrected chi connectivity index (χ4v) is 4.45. The molecule has 2 fully saturated rings. The van der Waals surface area contributed by atoms with Crippen LogP contribution in [-0.2, 0) is 6.54 Å². The van der Waals surface area contributed by atoms with Crippen molar-refractivity contribution in [1.29, 1.82) is 0 Å². The first-order chi connectivity index (χ1) is 9.11. The third kappa shape index (κ3) is 2.97. The molecule has 2 aliphatic carbocycles. The van der Waals surface area contributed by atoms with Crippen molar-refractivity contribution in [3.63, 3.8) is 0 Å². The summed E-state index contributed by atoms with van der Waals surface area (Å²) in [6.07, 6.45) is 5.89. The van der Waals surface area contributed by atoms with Gasteiger partial charge in [-0.3, -0.25) is 0 Å². The first kappa shape index (κ1) is 13.4. The van der Waals surface area contributed by atoms with Gasteiger partial charge in [0.05, 0.1) is 4.47 Å². The van der Waals surface area contributed by atoms with Gasteiger partial charge in [-0.2, -0.15) is 0 Å². The van der Waals surface area contributed by atoms with Crippen molar-refractivity contribution in [3.05, 3.63) is 28.2 Å². The molecular weight excluding hydrogens is 302 g/mol. The second-order valence-corrected chi connectivity index (χ2v) is 7.27. The van der Waals surface area contributed by atoms with Crippen molar-refractivity contribution in [1.82, 2.24) is 4.90 Å². The Kier molecular flexibility index (Phi) is 3.86. The molecule has 19 heavy (non-hydrogen) atoms. The number of hydrogen-bond acceptors (Lipinski definition) is 2. The first-order valence-electron chi connectivity index (χ1n) is 7.27. The normalized spacial score (nSPS) is 29.3. The van der Waals surface area contributed by atoms with E-state index in [-0.39, 0.29) is 0 Å². The molecule has 104 valence electrons. The number of hydrogen-bond donors (Lipinski definition) is 1. The summed E-state index contributed by atoms with van der Waals surface area (Å²) in [7, 11) is 2.22. The number of phenols is 1. The second kappa shape index (κ2) is 5.45. The molecule has 0 saturated heterocycles. The van der Waals surface area contributed by atoms with Gasteiger partial charge >= 0.3 is 0 Å². The summed E-state index contributed by atoms with van der Waals surface area (Å²) < 4.78 is 0.790. The maximum atomic E-state index is 9.52. The lowest BCUT2D eigenvalue weighted by molar-refractivity contribution is 0.214. The molecule has 2 aliphatic rings. The first-order valence-corrected chi connectivity index (χ1v) is 8.07. The number of nitrogens with zero attached hydrogens (tertiary/aromatic N) is 1. The highest BCUT2D eigenvalue weighted by Crippen LogP contribution is 2.48. The number of aromatic hydroxyl groups is 1. The standard InChI is InChI=1S/C16H22BrNO/c1-18(9-12-3-5-16(19)15(17)8-12)10-14-7-11-2-4-13(14)6-11/h3,5,8,11,13-14,19H,2,4,6-7,9-10H2,1H3. The minimum absolute atomic E-state index is 0.319. The fourth-order valence-electron chi connectivity index (χ4n) is 4.03. The Morgan fingerprint density at radius 1 is 1.32 bits per heavy atom. The molecule has 1 aromatic carbocycles. The van der Waals surface area contributed by atoms with Crippen LogP contribution in [0.15, 0.2) is 22.7 Å². The van der Waals surface area contributed by atoms with Crippen molar-refractivity contribution >= 4 is 15.9 Å². The molecule has 3 unspecified atom stereocenters. The van der Waals surface area contributed by atoms with Gasteiger partial charge < -0.3 is 10.0 Å². The second-order valence-electron chi connectivity index (χ2n) is 6.42. The summed E-state index contributed by atoms with van der Waals surface area (Å²) in [5.74, 6) is 3.27. The van der Waals surface area contributed by atoms with Crippen molar-refractivity contribution in [3.8, 4) is 5.75 Å². The third-order valence-electron chi connectivity index (χ3n) is 4.90. The lowest BCUT2D eigenvalue weighted by Crippen LogP contribution is -2.28. The zero-order valence-corrected chi connectivity index (χ0v) is 13.1. The van der Waals surface area contributed by atoms with Crippen LogP contribution in [0.4, 0.5) is 0 Å². The smallest absolute Gasteiger partial charge is 0.129 e. The molecule has 1 N–H and O–H groups in total. The van der Waals surface area contributed by atoms with Crippen molar-refractivity contribution in [2.75, 3.05) is 13.6 Å². The number of rotatable bonds is 4. The Morgan fingerprint density at radius 2 is 2.16 bits per heavy atom. The average Bonchev–Trinajstić information content (AvgIpc) is 2.96. The van der Waals surface area contributed by atoms with Gasteiger partial charge in [-0.15, -0.1) is 0 Å². The molecule has 2 bridgehead atoms. The van der Waals surface area contributed by atoms with Gasteiger partial charge in [0.25, 0.3) is 0 Å². The Bertz CT molecular complexity index is 462. The minimum atomic E-state index is 0.319. The highest BCUT2D eigenvalue weighted by Gasteiger charge is 2.39. The molecule has 0 radical (unpaired) electrons. The van der Waals surface area contributed by atoms with Crippen LogP contribution >= 0.6 is 15.9 Å². The van der Waals surface area contributed by atoms with Crippen LogP contribution in [0, 0.1) is 17.8 Å². The van der Waals surface area contributed by atoms with E-state index in [0.717, 1.165) is 28.8 Å². The Balaban J connectivity index is 1.56. The highest BCUT2D eigenvalue weighted by atomic mass is 79.9. The Morgan fingerprint density at radius 3 is 2.79 bits per heavy atom. The summed E-state index contributed by atoms with van der Waals surface area (Å²) in [6, 6.07) is 5.80. The van der Waals surface area contributed by atoms with Crippen LogP contribution in [0.2, 0.25) is 0 Å².